The zero-order chi connectivity index (χ0) is 14.5. The van der Waals surface area contributed by atoms with Crippen LogP contribution in [0.15, 0.2) is 34.9 Å². The molecule has 20 heavy (non-hydrogen) atoms. The van der Waals surface area contributed by atoms with Gasteiger partial charge in [0, 0.05) is 0 Å². The van der Waals surface area contributed by atoms with Gasteiger partial charge in [-0.2, -0.15) is 0 Å². The molecule has 2 aromatic rings. The van der Waals surface area contributed by atoms with Gasteiger partial charge in [0.1, 0.15) is 11.3 Å². The van der Waals surface area contributed by atoms with E-state index in [2.05, 4.69) is 10.5 Å². The number of benzene rings is 1. The molecular formula is C15H18N2O3. The van der Waals surface area contributed by atoms with Gasteiger partial charge < -0.3 is 14.9 Å². The Balaban J connectivity index is 2.05. The lowest BCUT2D eigenvalue weighted by molar-refractivity contribution is 0.0914. The molecule has 1 unspecified atom stereocenters. The molecule has 0 radical (unpaired) electrons. The van der Waals surface area contributed by atoms with E-state index in [0.717, 1.165) is 5.56 Å². The van der Waals surface area contributed by atoms with Crippen molar-refractivity contribution >= 4 is 5.91 Å². The van der Waals surface area contributed by atoms with Crippen LogP contribution in [0.3, 0.4) is 0 Å². The largest absolute Gasteiger partial charge is 0.394 e. The van der Waals surface area contributed by atoms with Gasteiger partial charge in [-0.05, 0) is 25.8 Å². The lowest BCUT2D eigenvalue weighted by Crippen LogP contribution is -2.39. The molecule has 1 heterocycles. The molecule has 0 bridgehead atoms. The molecule has 0 aliphatic heterocycles. The predicted octanol–water partition coefficient (Wildman–Crippen LogP) is 1.62. The van der Waals surface area contributed by atoms with Crippen molar-refractivity contribution in [1.29, 1.82) is 0 Å². The van der Waals surface area contributed by atoms with E-state index >= 15 is 0 Å². The molecule has 0 fully saturated rings. The van der Waals surface area contributed by atoms with Crippen LogP contribution in [0.4, 0.5) is 0 Å². The Hall–Kier alpha value is -2.14. The molecule has 5 nitrogen and oxygen atoms in total. The number of carbonyl (C=O) groups excluding carboxylic acids is 1. The average Bonchev–Trinajstić information content (AvgIpc) is 2.78. The minimum atomic E-state index is -0.335. The number of aliphatic hydroxyl groups is 1. The van der Waals surface area contributed by atoms with Gasteiger partial charge >= 0.3 is 0 Å². The maximum absolute atomic E-state index is 12.2. The van der Waals surface area contributed by atoms with E-state index in [-0.39, 0.29) is 18.6 Å². The highest BCUT2D eigenvalue weighted by Crippen LogP contribution is 2.12. The van der Waals surface area contributed by atoms with E-state index < -0.39 is 0 Å². The van der Waals surface area contributed by atoms with Gasteiger partial charge in [-0.3, -0.25) is 4.79 Å². The minimum absolute atomic E-state index is 0.121. The van der Waals surface area contributed by atoms with Crippen molar-refractivity contribution in [2.75, 3.05) is 6.61 Å². The number of aryl methyl sites for hydroxylation is 2. The molecule has 0 spiro atoms. The van der Waals surface area contributed by atoms with E-state index in [9.17, 15) is 9.90 Å². The van der Waals surface area contributed by atoms with Gasteiger partial charge in [0.2, 0.25) is 0 Å². The first kappa shape index (κ1) is 14.3. The Morgan fingerprint density at radius 3 is 2.60 bits per heavy atom. The lowest BCUT2D eigenvalue weighted by Gasteiger charge is -2.16. The fourth-order valence-electron chi connectivity index (χ4n) is 2.12. The lowest BCUT2D eigenvalue weighted by atomic mass is 10.1. The van der Waals surface area contributed by atoms with Crippen molar-refractivity contribution in [2.24, 2.45) is 0 Å². The van der Waals surface area contributed by atoms with Crippen molar-refractivity contribution in [3.63, 3.8) is 0 Å². The average molecular weight is 274 g/mol. The SMILES string of the molecule is Cc1noc(C)c1C(=O)NC(CO)Cc1ccccc1. The highest BCUT2D eigenvalue weighted by molar-refractivity contribution is 5.96. The van der Waals surface area contributed by atoms with Crippen molar-refractivity contribution < 1.29 is 14.4 Å². The summed E-state index contributed by atoms with van der Waals surface area (Å²) in [5, 5.41) is 16.0. The van der Waals surface area contributed by atoms with E-state index in [1.54, 1.807) is 13.8 Å². The minimum Gasteiger partial charge on any atom is -0.394 e. The first-order valence-electron chi connectivity index (χ1n) is 6.50. The van der Waals surface area contributed by atoms with Crippen LogP contribution in [0, 0.1) is 13.8 Å². The molecule has 0 aliphatic rings. The van der Waals surface area contributed by atoms with Gasteiger partial charge in [-0.1, -0.05) is 35.5 Å². The number of carbonyl (C=O) groups is 1. The van der Waals surface area contributed by atoms with Crippen LogP contribution in [-0.4, -0.2) is 28.8 Å². The number of hydrogen-bond acceptors (Lipinski definition) is 4. The molecule has 106 valence electrons. The third-order valence-electron chi connectivity index (χ3n) is 3.14. The van der Waals surface area contributed by atoms with Crippen LogP contribution >= 0.6 is 0 Å². The number of nitrogens with one attached hydrogen (secondary N) is 1. The Morgan fingerprint density at radius 2 is 2.05 bits per heavy atom. The van der Waals surface area contributed by atoms with Crippen molar-refractivity contribution in [3.05, 3.63) is 52.9 Å². The fourth-order valence-corrected chi connectivity index (χ4v) is 2.12. The van der Waals surface area contributed by atoms with E-state index in [0.29, 0.717) is 23.4 Å². The standard InChI is InChI=1S/C15H18N2O3/c1-10-14(11(2)20-17-10)15(19)16-13(9-18)8-12-6-4-3-5-7-12/h3-7,13,18H,8-9H2,1-2H3,(H,16,19). The molecule has 1 atom stereocenters. The van der Waals surface area contributed by atoms with Crippen molar-refractivity contribution in [2.45, 2.75) is 26.3 Å². The van der Waals surface area contributed by atoms with Gasteiger partial charge in [0.25, 0.3) is 5.91 Å². The normalized spacial score (nSPS) is 12.2. The van der Waals surface area contributed by atoms with Crippen LogP contribution in [0.5, 0.6) is 0 Å². The molecule has 1 aromatic heterocycles. The molecule has 2 N–H and O–H groups in total. The molecule has 5 heteroatoms. The quantitative estimate of drug-likeness (QED) is 0.869. The predicted molar refractivity (Wildman–Crippen MR) is 74.5 cm³/mol. The monoisotopic (exact) mass is 274 g/mol. The molecule has 1 aromatic carbocycles. The second-order valence-corrected chi connectivity index (χ2v) is 4.74. The summed E-state index contributed by atoms with van der Waals surface area (Å²) in [5.74, 6) is 0.215. The van der Waals surface area contributed by atoms with Crippen LogP contribution in [0.25, 0.3) is 0 Å². The van der Waals surface area contributed by atoms with Crippen molar-refractivity contribution in [3.8, 4) is 0 Å². The van der Waals surface area contributed by atoms with Crippen LogP contribution in [0.2, 0.25) is 0 Å². The van der Waals surface area contributed by atoms with Crippen LogP contribution in [-0.2, 0) is 6.42 Å². The Morgan fingerprint density at radius 1 is 1.35 bits per heavy atom. The fraction of sp³-hybridized carbons (Fsp3) is 0.333. The summed E-state index contributed by atoms with van der Waals surface area (Å²) >= 11 is 0. The topological polar surface area (TPSA) is 75.4 Å². The zero-order valence-electron chi connectivity index (χ0n) is 11.6. The third kappa shape index (κ3) is 3.24. The molecule has 0 saturated carbocycles. The smallest absolute Gasteiger partial charge is 0.257 e. The number of nitrogens with zero attached hydrogens (tertiary/aromatic N) is 1. The summed E-state index contributed by atoms with van der Waals surface area (Å²) in [6, 6.07) is 9.38. The summed E-state index contributed by atoms with van der Waals surface area (Å²) in [6.45, 7) is 3.29. The molecule has 0 aliphatic carbocycles. The number of amides is 1. The zero-order valence-corrected chi connectivity index (χ0v) is 11.6. The molecule has 2 rings (SSSR count). The van der Waals surface area contributed by atoms with E-state index in [4.69, 9.17) is 4.52 Å². The maximum atomic E-state index is 12.2. The van der Waals surface area contributed by atoms with Gasteiger partial charge in [-0.15, -0.1) is 0 Å². The first-order valence-corrected chi connectivity index (χ1v) is 6.50. The number of rotatable bonds is 5. The molecular weight excluding hydrogens is 256 g/mol. The Bertz CT molecular complexity index is 559. The maximum Gasteiger partial charge on any atom is 0.257 e. The third-order valence-corrected chi connectivity index (χ3v) is 3.14. The van der Waals surface area contributed by atoms with Crippen LogP contribution in [0.1, 0.15) is 27.4 Å². The second-order valence-electron chi connectivity index (χ2n) is 4.74. The van der Waals surface area contributed by atoms with Crippen LogP contribution < -0.4 is 5.32 Å². The Kier molecular flexibility index (Phi) is 4.53. The van der Waals surface area contributed by atoms with Gasteiger partial charge in [0.05, 0.1) is 18.3 Å². The number of hydrogen-bond donors (Lipinski definition) is 2. The van der Waals surface area contributed by atoms with E-state index in [1.165, 1.54) is 0 Å². The van der Waals surface area contributed by atoms with Gasteiger partial charge in [-0.25, -0.2) is 0 Å². The molecule has 0 saturated heterocycles. The summed E-state index contributed by atoms with van der Waals surface area (Å²) in [5.41, 5.74) is 2.05. The number of aromatic nitrogens is 1. The second kappa shape index (κ2) is 6.34. The summed E-state index contributed by atoms with van der Waals surface area (Å²) in [7, 11) is 0. The van der Waals surface area contributed by atoms with E-state index in [1.807, 2.05) is 30.3 Å². The van der Waals surface area contributed by atoms with Gasteiger partial charge in [0.15, 0.2) is 0 Å². The summed E-state index contributed by atoms with van der Waals surface area (Å²) in [6.07, 6.45) is 0.576. The first-order chi connectivity index (χ1) is 9.61. The highest BCUT2D eigenvalue weighted by atomic mass is 16.5. The summed E-state index contributed by atoms with van der Waals surface area (Å²) in [4.78, 5) is 12.2. The van der Waals surface area contributed by atoms with Crippen molar-refractivity contribution in [1.82, 2.24) is 10.5 Å². The highest BCUT2D eigenvalue weighted by Gasteiger charge is 2.20. The Labute approximate surface area is 117 Å². The molecule has 1 amide bonds. The summed E-state index contributed by atoms with van der Waals surface area (Å²) < 4.78 is 4.98. The number of aliphatic hydroxyl groups excluding tert-OH is 1.